The monoisotopic (exact) mass is 272 g/mol. The summed E-state index contributed by atoms with van der Waals surface area (Å²) in [4.78, 5) is 15.2. The van der Waals surface area contributed by atoms with E-state index in [-0.39, 0.29) is 11.9 Å². The van der Waals surface area contributed by atoms with Crippen molar-refractivity contribution in [1.29, 1.82) is 0 Å². The van der Waals surface area contributed by atoms with Gasteiger partial charge in [-0.15, -0.1) is 0 Å². The summed E-state index contributed by atoms with van der Waals surface area (Å²) in [6, 6.07) is 8.53. The predicted octanol–water partition coefficient (Wildman–Crippen LogP) is 1.66. The van der Waals surface area contributed by atoms with Crippen molar-refractivity contribution < 1.29 is 4.79 Å². The fraction of sp³-hybridized carbons (Fsp3) is 0.333. The Bertz CT molecular complexity index is 534. The Morgan fingerprint density at radius 2 is 2.10 bits per heavy atom. The number of carbonyl (C=O) groups is 1. The van der Waals surface area contributed by atoms with Crippen molar-refractivity contribution in [2.24, 2.45) is 0 Å². The molecule has 5 nitrogen and oxygen atoms in total. The average molecular weight is 272 g/mol. The molecule has 2 aromatic rings. The second-order valence-corrected chi connectivity index (χ2v) is 4.66. The third-order valence-electron chi connectivity index (χ3n) is 3.28. The maximum Gasteiger partial charge on any atom is 0.221 e. The van der Waals surface area contributed by atoms with Gasteiger partial charge in [0.25, 0.3) is 0 Å². The molecule has 0 saturated heterocycles. The van der Waals surface area contributed by atoms with E-state index in [0.29, 0.717) is 13.0 Å². The number of rotatable bonds is 6. The summed E-state index contributed by atoms with van der Waals surface area (Å²) in [5, 5.41) is 5.95. The number of nitrogens with one attached hydrogen (secondary N) is 2. The van der Waals surface area contributed by atoms with Crippen LogP contribution in [0.4, 0.5) is 0 Å². The number of hydrogen-bond acceptors (Lipinski definition) is 3. The van der Waals surface area contributed by atoms with Gasteiger partial charge in [0, 0.05) is 44.1 Å². The van der Waals surface area contributed by atoms with Gasteiger partial charge in [0.2, 0.25) is 5.91 Å². The molecule has 0 bridgehead atoms. The van der Waals surface area contributed by atoms with Gasteiger partial charge in [0.1, 0.15) is 0 Å². The third-order valence-corrected chi connectivity index (χ3v) is 3.28. The predicted molar refractivity (Wildman–Crippen MR) is 78.7 cm³/mol. The van der Waals surface area contributed by atoms with Crippen LogP contribution in [-0.2, 0) is 4.79 Å². The SMILES string of the molecule is CNC(=O)CCNC(C)c1ccc(-n2ccnc2)cc1. The lowest BCUT2D eigenvalue weighted by molar-refractivity contribution is -0.120. The van der Waals surface area contributed by atoms with Gasteiger partial charge in [-0.1, -0.05) is 12.1 Å². The molecule has 1 atom stereocenters. The summed E-state index contributed by atoms with van der Waals surface area (Å²) >= 11 is 0. The smallest absolute Gasteiger partial charge is 0.221 e. The topological polar surface area (TPSA) is 59.0 Å². The van der Waals surface area contributed by atoms with Crippen LogP contribution in [0.2, 0.25) is 0 Å². The van der Waals surface area contributed by atoms with Crippen LogP contribution in [0.5, 0.6) is 0 Å². The minimum Gasteiger partial charge on any atom is -0.359 e. The number of nitrogens with zero attached hydrogens (tertiary/aromatic N) is 2. The second-order valence-electron chi connectivity index (χ2n) is 4.66. The van der Waals surface area contributed by atoms with Gasteiger partial charge >= 0.3 is 0 Å². The number of imidazole rings is 1. The largest absolute Gasteiger partial charge is 0.359 e. The first-order valence-corrected chi connectivity index (χ1v) is 6.73. The molecular formula is C15H20N4O. The normalized spacial score (nSPS) is 12.1. The number of hydrogen-bond donors (Lipinski definition) is 2. The van der Waals surface area contributed by atoms with E-state index in [1.165, 1.54) is 5.56 Å². The first kappa shape index (κ1) is 14.3. The number of amides is 1. The summed E-state index contributed by atoms with van der Waals surface area (Å²) in [7, 11) is 1.65. The van der Waals surface area contributed by atoms with E-state index in [9.17, 15) is 4.79 Å². The zero-order valence-corrected chi connectivity index (χ0v) is 11.8. The Kier molecular flexibility index (Phi) is 4.90. The zero-order chi connectivity index (χ0) is 14.4. The molecule has 0 fully saturated rings. The van der Waals surface area contributed by atoms with Gasteiger partial charge in [0.05, 0.1) is 6.33 Å². The van der Waals surface area contributed by atoms with Gasteiger partial charge in [-0.2, -0.15) is 0 Å². The molecule has 1 aromatic heterocycles. The van der Waals surface area contributed by atoms with E-state index >= 15 is 0 Å². The lowest BCUT2D eigenvalue weighted by atomic mass is 10.1. The highest BCUT2D eigenvalue weighted by atomic mass is 16.1. The molecule has 0 spiro atoms. The summed E-state index contributed by atoms with van der Waals surface area (Å²) in [6.07, 6.45) is 5.95. The van der Waals surface area contributed by atoms with Crippen molar-refractivity contribution in [3.8, 4) is 5.69 Å². The van der Waals surface area contributed by atoms with Crippen molar-refractivity contribution >= 4 is 5.91 Å². The third kappa shape index (κ3) is 3.68. The van der Waals surface area contributed by atoms with Crippen LogP contribution in [-0.4, -0.2) is 29.1 Å². The summed E-state index contributed by atoms with van der Waals surface area (Å²) in [5.74, 6) is 0.0557. The fourth-order valence-electron chi connectivity index (χ4n) is 1.99. The van der Waals surface area contributed by atoms with E-state index in [4.69, 9.17) is 0 Å². The van der Waals surface area contributed by atoms with Crippen molar-refractivity contribution in [2.75, 3.05) is 13.6 Å². The maximum absolute atomic E-state index is 11.1. The quantitative estimate of drug-likeness (QED) is 0.841. The molecule has 2 N–H and O–H groups in total. The van der Waals surface area contributed by atoms with E-state index in [2.05, 4.69) is 46.8 Å². The minimum absolute atomic E-state index is 0.0557. The van der Waals surface area contributed by atoms with Crippen molar-refractivity contribution in [3.05, 3.63) is 48.5 Å². The Labute approximate surface area is 119 Å². The van der Waals surface area contributed by atoms with Crippen LogP contribution in [0.15, 0.2) is 43.0 Å². The van der Waals surface area contributed by atoms with Crippen LogP contribution in [0, 0.1) is 0 Å². The van der Waals surface area contributed by atoms with Crippen molar-refractivity contribution in [2.45, 2.75) is 19.4 Å². The van der Waals surface area contributed by atoms with Crippen LogP contribution >= 0.6 is 0 Å². The number of benzene rings is 1. The molecule has 0 aliphatic heterocycles. The van der Waals surface area contributed by atoms with Crippen LogP contribution in [0.25, 0.3) is 5.69 Å². The lowest BCUT2D eigenvalue weighted by Gasteiger charge is -2.14. The molecule has 1 aromatic carbocycles. The van der Waals surface area contributed by atoms with Crippen molar-refractivity contribution in [3.63, 3.8) is 0 Å². The standard InChI is InChI=1S/C15H20N4O/c1-12(18-8-7-15(20)16-2)13-3-5-14(6-4-13)19-10-9-17-11-19/h3-6,9-12,18H,7-8H2,1-2H3,(H,16,20). The van der Waals surface area contributed by atoms with Crippen molar-refractivity contribution in [1.82, 2.24) is 20.2 Å². The maximum atomic E-state index is 11.1. The molecule has 0 aliphatic rings. The second kappa shape index (κ2) is 6.86. The molecule has 1 heterocycles. The van der Waals surface area contributed by atoms with Gasteiger partial charge < -0.3 is 15.2 Å². The fourth-order valence-corrected chi connectivity index (χ4v) is 1.99. The van der Waals surface area contributed by atoms with E-state index in [1.807, 2.05) is 10.8 Å². The first-order chi connectivity index (χ1) is 9.70. The Hall–Kier alpha value is -2.14. The minimum atomic E-state index is 0.0557. The highest BCUT2D eigenvalue weighted by molar-refractivity contribution is 5.75. The van der Waals surface area contributed by atoms with Gasteiger partial charge in [-0.25, -0.2) is 4.98 Å². The molecule has 0 saturated carbocycles. The highest BCUT2D eigenvalue weighted by Gasteiger charge is 2.06. The van der Waals surface area contributed by atoms with E-state index in [1.54, 1.807) is 19.6 Å². The van der Waals surface area contributed by atoms with E-state index in [0.717, 1.165) is 5.69 Å². The molecule has 5 heteroatoms. The van der Waals surface area contributed by atoms with Crippen LogP contribution < -0.4 is 10.6 Å². The Morgan fingerprint density at radius 3 is 2.70 bits per heavy atom. The molecule has 0 aliphatic carbocycles. The lowest BCUT2D eigenvalue weighted by Crippen LogP contribution is -2.26. The first-order valence-electron chi connectivity index (χ1n) is 6.73. The number of aromatic nitrogens is 2. The molecule has 0 radical (unpaired) electrons. The van der Waals surface area contributed by atoms with Gasteiger partial charge in [-0.3, -0.25) is 4.79 Å². The highest BCUT2D eigenvalue weighted by Crippen LogP contribution is 2.15. The summed E-state index contributed by atoms with van der Waals surface area (Å²) < 4.78 is 1.97. The zero-order valence-electron chi connectivity index (χ0n) is 11.8. The average Bonchev–Trinajstić information content (AvgIpc) is 3.01. The molecule has 2 rings (SSSR count). The summed E-state index contributed by atoms with van der Waals surface area (Å²) in [5.41, 5.74) is 2.29. The van der Waals surface area contributed by atoms with Crippen LogP contribution in [0.1, 0.15) is 24.9 Å². The van der Waals surface area contributed by atoms with Crippen LogP contribution in [0.3, 0.4) is 0 Å². The Balaban J connectivity index is 1.91. The molecule has 1 unspecified atom stereocenters. The molecular weight excluding hydrogens is 252 g/mol. The molecule has 1 amide bonds. The van der Waals surface area contributed by atoms with E-state index < -0.39 is 0 Å². The molecule has 106 valence electrons. The number of carbonyl (C=O) groups excluding carboxylic acids is 1. The van der Waals surface area contributed by atoms with Gasteiger partial charge in [-0.05, 0) is 24.6 Å². The molecule has 20 heavy (non-hydrogen) atoms. The Morgan fingerprint density at radius 1 is 1.35 bits per heavy atom. The summed E-state index contributed by atoms with van der Waals surface area (Å²) in [6.45, 7) is 2.76. The van der Waals surface area contributed by atoms with Gasteiger partial charge in [0.15, 0.2) is 0 Å².